The van der Waals surface area contributed by atoms with E-state index in [1.807, 2.05) is 13.8 Å². The summed E-state index contributed by atoms with van der Waals surface area (Å²) in [7, 11) is 0. The third-order valence-electron chi connectivity index (χ3n) is 2.77. The highest BCUT2D eigenvalue weighted by Crippen LogP contribution is 2.29. The molecule has 106 valence electrons. The Balaban J connectivity index is 2.42. The number of rotatable bonds is 3. The van der Waals surface area contributed by atoms with Crippen molar-refractivity contribution in [1.29, 1.82) is 0 Å². The molecule has 0 saturated heterocycles. The van der Waals surface area contributed by atoms with E-state index in [1.54, 1.807) is 6.92 Å². The van der Waals surface area contributed by atoms with Gasteiger partial charge < -0.3 is 10.5 Å². The van der Waals surface area contributed by atoms with Gasteiger partial charge in [-0.1, -0.05) is 13.8 Å². The number of nitrogen functional groups attached to an aromatic ring is 1. The zero-order valence-corrected chi connectivity index (χ0v) is 11.4. The zero-order valence-electron chi connectivity index (χ0n) is 11.4. The highest BCUT2D eigenvalue weighted by molar-refractivity contribution is 5.46. The van der Waals surface area contributed by atoms with Crippen LogP contribution in [-0.2, 0) is 0 Å². The first-order valence-corrected chi connectivity index (χ1v) is 6.15. The largest absolute Gasteiger partial charge is 0.435 e. The smallest absolute Gasteiger partial charge is 0.227 e. The molecule has 1 aromatic heterocycles. The van der Waals surface area contributed by atoms with Crippen LogP contribution in [0.2, 0.25) is 0 Å². The van der Waals surface area contributed by atoms with E-state index in [0.29, 0.717) is 11.4 Å². The van der Waals surface area contributed by atoms with E-state index in [9.17, 15) is 8.78 Å². The molecule has 0 aliphatic carbocycles. The first kappa shape index (κ1) is 14.2. The molecule has 0 saturated carbocycles. The van der Waals surface area contributed by atoms with Crippen LogP contribution >= 0.6 is 0 Å². The molecule has 20 heavy (non-hydrogen) atoms. The number of hydrogen-bond acceptors (Lipinski definition) is 4. The van der Waals surface area contributed by atoms with Crippen LogP contribution in [0.1, 0.15) is 31.2 Å². The van der Waals surface area contributed by atoms with Crippen LogP contribution in [0.5, 0.6) is 11.6 Å². The van der Waals surface area contributed by atoms with Gasteiger partial charge in [0.25, 0.3) is 0 Å². The van der Waals surface area contributed by atoms with Gasteiger partial charge in [0.1, 0.15) is 17.5 Å². The van der Waals surface area contributed by atoms with Crippen molar-refractivity contribution in [1.82, 2.24) is 9.97 Å². The van der Waals surface area contributed by atoms with Crippen LogP contribution in [0.15, 0.2) is 18.2 Å². The molecule has 2 N–H and O–H groups in total. The molecule has 0 aliphatic rings. The number of anilines is 1. The van der Waals surface area contributed by atoms with E-state index in [2.05, 4.69) is 9.97 Å². The third kappa shape index (κ3) is 2.84. The molecule has 4 nitrogen and oxygen atoms in total. The quantitative estimate of drug-likeness (QED) is 0.933. The standard InChI is InChI=1S/C14H15F2N3O/c1-7(2)13-18-12(17)8(3)14(19-13)20-11-5-4-9(15)6-10(11)16/h4-7H,1-3H3,(H2,17,18,19). The highest BCUT2D eigenvalue weighted by atomic mass is 19.1. The van der Waals surface area contributed by atoms with Gasteiger partial charge in [0.2, 0.25) is 5.88 Å². The van der Waals surface area contributed by atoms with Gasteiger partial charge in [0.15, 0.2) is 11.6 Å². The summed E-state index contributed by atoms with van der Waals surface area (Å²) in [6, 6.07) is 3.07. The number of halogens is 2. The van der Waals surface area contributed by atoms with Crippen molar-refractivity contribution in [2.24, 2.45) is 0 Å². The van der Waals surface area contributed by atoms with Crippen molar-refractivity contribution >= 4 is 5.82 Å². The second-order valence-electron chi connectivity index (χ2n) is 4.73. The average Bonchev–Trinajstić information content (AvgIpc) is 2.37. The van der Waals surface area contributed by atoms with Crippen molar-refractivity contribution < 1.29 is 13.5 Å². The van der Waals surface area contributed by atoms with Crippen molar-refractivity contribution in [3.8, 4) is 11.6 Å². The van der Waals surface area contributed by atoms with Crippen molar-refractivity contribution in [2.75, 3.05) is 5.73 Å². The van der Waals surface area contributed by atoms with Gasteiger partial charge in [0, 0.05) is 12.0 Å². The first-order valence-electron chi connectivity index (χ1n) is 6.15. The van der Waals surface area contributed by atoms with Crippen molar-refractivity contribution in [2.45, 2.75) is 26.7 Å². The fraction of sp³-hybridized carbons (Fsp3) is 0.286. The van der Waals surface area contributed by atoms with Gasteiger partial charge in [0.05, 0.1) is 5.56 Å². The normalized spacial score (nSPS) is 10.9. The average molecular weight is 279 g/mol. The van der Waals surface area contributed by atoms with Crippen LogP contribution in [0.25, 0.3) is 0 Å². The van der Waals surface area contributed by atoms with E-state index in [4.69, 9.17) is 10.5 Å². The predicted molar refractivity (Wildman–Crippen MR) is 71.7 cm³/mol. The van der Waals surface area contributed by atoms with Gasteiger partial charge in [-0.25, -0.2) is 13.8 Å². The van der Waals surface area contributed by atoms with Crippen LogP contribution < -0.4 is 10.5 Å². The Morgan fingerprint density at radius 3 is 2.50 bits per heavy atom. The summed E-state index contributed by atoms with van der Waals surface area (Å²) in [5, 5.41) is 0. The molecule has 1 heterocycles. The Bertz CT molecular complexity index is 645. The van der Waals surface area contributed by atoms with Crippen LogP contribution in [-0.4, -0.2) is 9.97 Å². The van der Waals surface area contributed by atoms with Gasteiger partial charge in [-0.05, 0) is 19.1 Å². The summed E-state index contributed by atoms with van der Waals surface area (Å²) < 4.78 is 31.8. The Labute approximate surface area is 115 Å². The van der Waals surface area contributed by atoms with E-state index in [0.717, 1.165) is 12.1 Å². The molecule has 0 unspecified atom stereocenters. The molecule has 1 aromatic carbocycles. The van der Waals surface area contributed by atoms with E-state index in [-0.39, 0.29) is 23.4 Å². The Hall–Kier alpha value is -2.24. The number of ether oxygens (including phenoxy) is 1. The molecule has 0 spiro atoms. The third-order valence-corrected chi connectivity index (χ3v) is 2.77. The maximum atomic E-state index is 13.6. The fourth-order valence-electron chi connectivity index (χ4n) is 1.55. The summed E-state index contributed by atoms with van der Waals surface area (Å²) in [5.41, 5.74) is 6.30. The number of hydrogen-bond donors (Lipinski definition) is 1. The maximum absolute atomic E-state index is 13.6. The van der Waals surface area contributed by atoms with Gasteiger partial charge in [-0.3, -0.25) is 0 Å². The first-order chi connectivity index (χ1) is 9.38. The minimum absolute atomic E-state index is 0.0540. The SMILES string of the molecule is Cc1c(N)nc(C(C)C)nc1Oc1ccc(F)cc1F. The molecular formula is C14H15F2N3O. The lowest BCUT2D eigenvalue weighted by atomic mass is 10.2. The van der Waals surface area contributed by atoms with Gasteiger partial charge in [-0.15, -0.1) is 0 Å². The molecule has 0 radical (unpaired) electrons. The molecule has 0 atom stereocenters. The molecule has 0 bridgehead atoms. The lowest BCUT2D eigenvalue weighted by Crippen LogP contribution is -2.06. The van der Waals surface area contributed by atoms with Gasteiger partial charge in [-0.2, -0.15) is 4.98 Å². The van der Waals surface area contributed by atoms with E-state index >= 15 is 0 Å². The van der Waals surface area contributed by atoms with E-state index < -0.39 is 11.6 Å². The monoisotopic (exact) mass is 279 g/mol. The topological polar surface area (TPSA) is 61.0 Å². The summed E-state index contributed by atoms with van der Waals surface area (Å²) in [5.74, 6) is -0.566. The highest BCUT2D eigenvalue weighted by Gasteiger charge is 2.15. The lowest BCUT2D eigenvalue weighted by molar-refractivity contribution is 0.417. The summed E-state index contributed by atoms with van der Waals surface area (Å²) in [4.78, 5) is 8.36. The van der Waals surface area contributed by atoms with Gasteiger partial charge >= 0.3 is 0 Å². The van der Waals surface area contributed by atoms with E-state index in [1.165, 1.54) is 6.07 Å². The minimum atomic E-state index is -0.798. The number of aromatic nitrogens is 2. The zero-order chi connectivity index (χ0) is 14.9. The molecule has 0 fully saturated rings. The molecule has 2 rings (SSSR count). The lowest BCUT2D eigenvalue weighted by Gasteiger charge is -2.12. The van der Waals surface area contributed by atoms with Crippen LogP contribution in [0.3, 0.4) is 0 Å². The second kappa shape index (κ2) is 5.40. The molecule has 0 amide bonds. The van der Waals surface area contributed by atoms with Crippen LogP contribution in [0.4, 0.5) is 14.6 Å². The molecule has 0 aliphatic heterocycles. The van der Waals surface area contributed by atoms with Crippen LogP contribution in [0, 0.1) is 18.6 Å². The summed E-state index contributed by atoms with van der Waals surface area (Å²) in [6.07, 6.45) is 0. The Morgan fingerprint density at radius 1 is 1.20 bits per heavy atom. The maximum Gasteiger partial charge on any atom is 0.227 e. The predicted octanol–water partition coefficient (Wildman–Crippen LogP) is 3.56. The number of benzene rings is 1. The Morgan fingerprint density at radius 2 is 1.90 bits per heavy atom. The molecule has 2 aromatic rings. The number of nitrogens with two attached hydrogens (primary N) is 1. The minimum Gasteiger partial charge on any atom is -0.435 e. The Kier molecular flexibility index (Phi) is 3.83. The fourth-order valence-corrected chi connectivity index (χ4v) is 1.55. The second-order valence-corrected chi connectivity index (χ2v) is 4.73. The number of nitrogens with zero attached hydrogens (tertiary/aromatic N) is 2. The summed E-state index contributed by atoms with van der Waals surface area (Å²) >= 11 is 0. The summed E-state index contributed by atoms with van der Waals surface area (Å²) in [6.45, 7) is 5.49. The molecule has 6 heteroatoms. The van der Waals surface area contributed by atoms with Crippen molar-refractivity contribution in [3.63, 3.8) is 0 Å². The molecular weight excluding hydrogens is 264 g/mol. The van der Waals surface area contributed by atoms with Crippen molar-refractivity contribution in [3.05, 3.63) is 41.2 Å².